The number of rotatable bonds is 9. The van der Waals surface area contributed by atoms with Crippen LogP contribution in [0, 0.1) is 6.92 Å². The van der Waals surface area contributed by atoms with Crippen molar-refractivity contribution in [1.82, 2.24) is 9.88 Å². The van der Waals surface area contributed by atoms with Gasteiger partial charge < -0.3 is 34.5 Å². The fraction of sp³-hybridized carbons (Fsp3) is 0.219. The number of hydrogen-bond donors (Lipinski definition) is 2. The number of ether oxygens (including phenoxy) is 4. The number of nitrogens with one attached hydrogen (secondary N) is 2. The van der Waals surface area contributed by atoms with E-state index in [0.29, 0.717) is 65.0 Å². The Kier molecular flexibility index (Phi) is 8.42. The van der Waals surface area contributed by atoms with Crippen LogP contribution in [0.25, 0.3) is 10.9 Å². The van der Waals surface area contributed by atoms with E-state index in [1.54, 1.807) is 80.0 Å². The molecule has 0 saturated heterocycles. The fourth-order valence-electron chi connectivity index (χ4n) is 4.50. The van der Waals surface area contributed by atoms with E-state index in [9.17, 15) is 9.59 Å². The summed E-state index contributed by atoms with van der Waals surface area (Å²) in [4.78, 5) is 30.7. The largest absolute Gasteiger partial charge is 0.493 e. The molecule has 0 saturated carbocycles. The number of fused-ring (bicyclic) bond motifs is 1. The van der Waals surface area contributed by atoms with E-state index in [1.165, 1.54) is 0 Å². The van der Waals surface area contributed by atoms with Crippen LogP contribution in [0.2, 0.25) is 0 Å². The molecule has 216 valence electrons. The van der Waals surface area contributed by atoms with Gasteiger partial charge in [-0.1, -0.05) is 13.0 Å². The second-order valence-electron chi connectivity index (χ2n) is 9.61. The molecule has 3 amide bonds. The molecule has 1 aromatic heterocycles. The minimum atomic E-state index is -0.406. The highest BCUT2D eigenvalue weighted by Crippen LogP contribution is 2.38. The highest BCUT2D eigenvalue weighted by molar-refractivity contribution is 6.00. The topological polar surface area (TPSA) is 111 Å². The molecule has 10 heteroatoms. The number of aromatic nitrogens is 1. The zero-order chi connectivity index (χ0) is 29.6. The molecule has 0 bridgehead atoms. The van der Waals surface area contributed by atoms with Gasteiger partial charge in [-0.3, -0.25) is 9.78 Å². The van der Waals surface area contributed by atoms with Gasteiger partial charge in [-0.15, -0.1) is 0 Å². The van der Waals surface area contributed by atoms with Gasteiger partial charge in [0.1, 0.15) is 23.0 Å². The van der Waals surface area contributed by atoms with Gasteiger partial charge in [-0.05, 0) is 55.0 Å². The highest BCUT2D eigenvalue weighted by Gasteiger charge is 2.19. The Labute approximate surface area is 243 Å². The molecule has 3 aromatic carbocycles. The van der Waals surface area contributed by atoms with Crippen LogP contribution in [0.1, 0.15) is 25.3 Å². The molecule has 42 heavy (non-hydrogen) atoms. The molecule has 5 rings (SSSR count). The number of urea groups is 1. The summed E-state index contributed by atoms with van der Waals surface area (Å²) >= 11 is 0. The van der Waals surface area contributed by atoms with Gasteiger partial charge in [0.2, 0.25) is 5.91 Å². The standard InChI is InChI=1S/C32H32N4O6/c1-5-31(37)36-15-13-24(19-36)41-23-10-8-21(9-11-23)34-32(38)35-22-7-6-20(2)28(16-22)42-27-12-14-33-26-18-30(40-4)29(39-3)17-25(26)27/h6-12,14,16-19H,5,13,15H2,1-4H3,(H2,34,35,38). The third kappa shape index (κ3) is 6.38. The van der Waals surface area contributed by atoms with E-state index < -0.39 is 6.03 Å². The monoisotopic (exact) mass is 568 g/mol. The van der Waals surface area contributed by atoms with Crippen molar-refractivity contribution in [3.63, 3.8) is 0 Å². The molecule has 4 aromatic rings. The van der Waals surface area contributed by atoms with Crippen molar-refractivity contribution in [3.05, 3.63) is 84.4 Å². The third-order valence-corrected chi connectivity index (χ3v) is 6.76. The second kappa shape index (κ2) is 12.5. The number of carbonyl (C=O) groups is 2. The summed E-state index contributed by atoms with van der Waals surface area (Å²) < 4.78 is 23.0. The van der Waals surface area contributed by atoms with Gasteiger partial charge >= 0.3 is 6.03 Å². The summed E-state index contributed by atoms with van der Waals surface area (Å²) in [6.07, 6.45) is 4.53. The van der Waals surface area contributed by atoms with Gasteiger partial charge in [0.25, 0.3) is 0 Å². The molecule has 10 nitrogen and oxygen atoms in total. The first-order valence-corrected chi connectivity index (χ1v) is 13.5. The Morgan fingerprint density at radius 1 is 0.857 bits per heavy atom. The number of pyridine rings is 1. The fourth-order valence-corrected chi connectivity index (χ4v) is 4.50. The Balaban J connectivity index is 1.24. The molecule has 0 atom stereocenters. The van der Waals surface area contributed by atoms with Crippen molar-refractivity contribution in [2.24, 2.45) is 0 Å². The van der Waals surface area contributed by atoms with E-state index >= 15 is 0 Å². The van der Waals surface area contributed by atoms with Gasteiger partial charge in [-0.25, -0.2) is 4.79 Å². The van der Waals surface area contributed by atoms with Crippen LogP contribution >= 0.6 is 0 Å². The summed E-state index contributed by atoms with van der Waals surface area (Å²) in [5.41, 5.74) is 2.74. The second-order valence-corrected chi connectivity index (χ2v) is 9.61. The van der Waals surface area contributed by atoms with Gasteiger partial charge in [0, 0.05) is 60.7 Å². The smallest absolute Gasteiger partial charge is 0.323 e. The maximum absolute atomic E-state index is 12.8. The molecule has 2 heterocycles. The van der Waals surface area contributed by atoms with Crippen LogP contribution in [-0.2, 0) is 4.79 Å². The number of anilines is 2. The van der Waals surface area contributed by atoms with E-state index in [2.05, 4.69) is 15.6 Å². The van der Waals surface area contributed by atoms with Gasteiger partial charge in [0.05, 0.1) is 19.7 Å². The minimum Gasteiger partial charge on any atom is -0.493 e. The molecule has 1 aliphatic rings. The lowest BCUT2D eigenvalue weighted by molar-refractivity contribution is -0.127. The summed E-state index contributed by atoms with van der Waals surface area (Å²) in [5.74, 6) is 3.73. The van der Waals surface area contributed by atoms with Gasteiger partial charge in [-0.2, -0.15) is 0 Å². The van der Waals surface area contributed by atoms with Crippen LogP contribution in [0.15, 0.2) is 78.8 Å². The Morgan fingerprint density at radius 2 is 1.57 bits per heavy atom. The third-order valence-electron chi connectivity index (χ3n) is 6.76. The summed E-state index contributed by atoms with van der Waals surface area (Å²) in [6, 6.07) is 17.5. The Bertz CT molecular complexity index is 1650. The van der Waals surface area contributed by atoms with E-state index in [1.807, 2.05) is 26.0 Å². The normalized spacial score (nSPS) is 12.5. The minimum absolute atomic E-state index is 0.0685. The first kappa shape index (κ1) is 28.3. The number of hydrogen-bond acceptors (Lipinski definition) is 7. The maximum Gasteiger partial charge on any atom is 0.323 e. The molecule has 0 spiro atoms. The number of amides is 3. The molecular formula is C32H32N4O6. The van der Waals surface area contributed by atoms with Crippen LogP contribution in [0.3, 0.4) is 0 Å². The molecule has 1 aliphatic heterocycles. The number of benzene rings is 3. The number of methoxy groups -OCH3 is 2. The Hall–Kier alpha value is -5.25. The van der Waals surface area contributed by atoms with Crippen molar-refractivity contribution in [3.8, 4) is 28.7 Å². The van der Waals surface area contributed by atoms with Crippen molar-refractivity contribution < 1.29 is 28.5 Å². The lowest BCUT2D eigenvalue weighted by atomic mass is 10.1. The molecule has 0 unspecified atom stereocenters. The van der Waals surface area contributed by atoms with Crippen molar-refractivity contribution >= 4 is 34.2 Å². The molecule has 0 aliphatic carbocycles. The Morgan fingerprint density at radius 3 is 2.31 bits per heavy atom. The average Bonchev–Trinajstić information content (AvgIpc) is 3.47. The summed E-state index contributed by atoms with van der Waals surface area (Å²) in [7, 11) is 3.15. The molecule has 0 fully saturated rings. The van der Waals surface area contributed by atoms with Crippen LogP contribution in [-0.4, -0.2) is 42.6 Å². The highest BCUT2D eigenvalue weighted by atomic mass is 16.5. The van der Waals surface area contributed by atoms with Crippen LogP contribution < -0.4 is 29.6 Å². The SMILES string of the molecule is CCC(=O)N1C=C(Oc2ccc(NC(=O)Nc3ccc(C)c(Oc4ccnc5cc(OC)c(OC)cc45)c3)cc2)CC1. The van der Waals surface area contributed by atoms with Crippen molar-refractivity contribution in [2.75, 3.05) is 31.4 Å². The number of carbonyl (C=O) groups excluding carboxylic acids is 2. The quantitative estimate of drug-likeness (QED) is 0.227. The zero-order valence-electron chi connectivity index (χ0n) is 23.9. The predicted octanol–water partition coefficient (Wildman–Crippen LogP) is 6.86. The lowest BCUT2D eigenvalue weighted by Gasteiger charge is -2.15. The maximum atomic E-state index is 12.8. The van der Waals surface area contributed by atoms with E-state index in [4.69, 9.17) is 18.9 Å². The van der Waals surface area contributed by atoms with Gasteiger partial charge in [0.15, 0.2) is 11.5 Å². The summed E-state index contributed by atoms with van der Waals surface area (Å²) in [5, 5.41) is 6.43. The number of nitrogens with zero attached hydrogens (tertiary/aromatic N) is 2. The zero-order valence-corrected chi connectivity index (χ0v) is 23.9. The molecule has 2 N–H and O–H groups in total. The van der Waals surface area contributed by atoms with Crippen molar-refractivity contribution in [1.29, 1.82) is 0 Å². The molecular weight excluding hydrogens is 536 g/mol. The number of aryl methyl sites for hydroxylation is 1. The average molecular weight is 569 g/mol. The summed E-state index contributed by atoms with van der Waals surface area (Å²) in [6.45, 7) is 4.38. The predicted molar refractivity (Wildman–Crippen MR) is 161 cm³/mol. The van der Waals surface area contributed by atoms with Crippen LogP contribution in [0.5, 0.6) is 28.7 Å². The first-order valence-electron chi connectivity index (χ1n) is 13.5. The first-order chi connectivity index (χ1) is 20.4. The van der Waals surface area contributed by atoms with E-state index in [0.717, 1.165) is 16.7 Å². The van der Waals surface area contributed by atoms with Crippen molar-refractivity contribution in [2.45, 2.75) is 26.7 Å². The molecule has 0 radical (unpaired) electrons. The van der Waals surface area contributed by atoms with E-state index in [-0.39, 0.29) is 5.91 Å². The lowest BCUT2D eigenvalue weighted by Crippen LogP contribution is -2.22. The van der Waals surface area contributed by atoms with Crippen LogP contribution in [0.4, 0.5) is 16.2 Å².